The largest absolute Gasteiger partial charge is 0.325 e. The van der Waals surface area contributed by atoms with Gasteiger partial charge in [0.05, 0.1) is 16.8 Å². The third-order valence-corrected chi connectivity index (χ3v) is 5.03. The Morgan fingerprint density at radius 3 is 2.19 bits per heavy atom. The Bertz CT molecular complexity index is 1080. The van der Waals surface area contributed by atoms with Gasteiger partial charge in [-0.15, -0.1) is 0 Å². The van der Waals surface area contributed by atoms with Crippen molar-refractivity contribution in [3.05, 3.63) is 66.7 Å². The fourth-order valence-corrected chi connectivity index (χ4v) is 3.77. The molecule has 26 heavy (non-hydrogen) atoms. The van der Waals surface area contributed by atoms with Crippen molar-refractivity contribution >= 4 is 33.1 Å². The number of quaternary nitrogens is 2. The van der Waals surface area contributed by atoms with Gasteiger partial charge >= 0.3 is 0 Å². The number of aromatic nitrogens is 1. The molecule has 1 aromatic heterocycles. The van der Waals surface area contributed by atoms with Gasteiger partial charge in [-0.1, -0.05) is 31.5 Å². The summed E-state index contributed by atoms with van der Waals surface area (Å²) in [5.74, 6) is 0. The highest BCUT2D eigenvalue weighted by Crippen LogP contribution is 2.33. The molecule has 130 valence electrons. The molecule has 0 aliphatic heterocycles. The highest BCUT2D eigenvalue weighted by Gasteiger charge is 2.23. The molecule has 6 N–H and O–H groups in total. The molecule has 0 fully saturated rings. The second-order valence-corrected chi connectivity index (χ2v) is 6.95. The predicted molar refractivity (Wildman–Crippen MR) is 107 cm³/mol. The third-order valence-electron chi connectivity index (χ3n) is 5.03. The first-order valence-electron chi connectivity index (χ1n) is 9.31. The fraction of sp³-hybridized carbons (Fsp3) is 0.174. The Morgan fingerprint density at radius 2 is 1.46 bits per heavy atom. The number of fused-ring (bicyclic) bond motifs is 3. The lowest BCUT2D eigenvalue weighted by Crippen LogP contribution is -2.42. The van der Waals surface area contributed by atoms with Crippen LogP contribution in [-0.4, -0.2) is 0 Å². The maximum Gasteiger partial charge on any atom is 0.221 e. The Hall–Kier alpha value is -2.75. The molecular weight excluding hydrogens is 318 g/mol. The van der Waals surface area contributed by atoms with Crippen molar-refractivity contribution in [3.63, 3.8) is 0 Å². The smallest absolute Gasteiger partial charge is 0.221 e. The van der Waals surface area contributed by atoms with Crippen LogP contribution in [0.2, 0.25) is 0 Å². The van der Waals surface area contributed by atoms with Gasteiger partial charge in [-0.05, 0) is 30.3 Å². The Balaban J connectivity index is 2.20. The summed E-state index contributed by atoms with van der Waals surface area (Å²) in [4.78, 5) is 0. The molecule has 0 saturated carbocycles. The molecule has 3 nitrogen and oxygen atoms in total. The topological polar surface area (TPSA) is 59.2 Å². The lowest BCUT2D eigenvalue weighted by Gasteiger charge is -2.12. The van der Waals surface area contributed by atoms with E-state index in [2.05, 4.69) is 89.7 Å². The number of rotatable bonds is 4. The molecule has 0 aliphatic carbocycles. The predicted octanol–water partition coefficient (Wildman–Crippen LogP) is 3.49. The zero-order valence-electron chi connectivity index (χ0n) is 15.3. The van der Waals surface area contributed by atoms with Gasteiger partial charge in [0.15, 0.2) is 0 Å². The summed E-state index contributed by atoms with van der Waals surface area (Å²) in [6, 6.07) is 23.8. The van der Waals surface area contributed by atoms with Gasteiger partial charge in [0, 0.05) is 29.5 Å². The molecule has 0 unspecified atom stereocenters. The van der Waals surface area contributed by atoms with Crippen LogP contribution in [-0.2, 0) is 6.54 Å². The van der Waals surface area contributed by atoms with E-state index in [0.29, 0.717) is 0 Å². The van der Waals surface area contributed by atoms with Gasteiger partial charge in [-0.3, -0.25) is 0 Å². The van der Waals surface area contributed by atoms with Gasteiger partial charge < -0.3 is 11.5 Å². The van der Waals surface area contributed by atoms with E-state index < -0.39 is 0 Å². The summed E-state index contributed by atoms with van der Waals surface area (Å²) >= 11 is 0. The van der Waals surface area contributed by atoms with Crippen molar-refractivity contribution in [1.82, 2.24) is 0 Å². The van der Waals surface area contributed by atoms with Gasteiger partial charge in [-0.25, -0.2) is 0 Å². The summed E-state index contributed by atoms with van der Waals surface area (Å²) in [6.45, 7) is 3.24. The van der Waals surface area contributed by atoms with Gasteiger partial charge in [-0.2, -0.15) is 4.57 Å². The quantitative estimate of drug-likeness (QED) is 0.421. The first-order chi connectivity index (χ1) is 12.7. The highest BCUT2D eigenvalue weighted by atomic mass is 15.0. The summed E-state index contributed by atoms with van der Waals surface area (Å²) in [6.07, 6.45) is 2.32. The van der Waals surface area contributed by atoms with Gasteiger partial charge in [0.1, 0.15) is 17.9 Å². The minimum Gasteiger partial charge on any atom is -0.325 e. The van der Waals surface area contributed by atoms with Crippen LogP contribution in [0.25, 0.3) is 32.9 Å². The maximum atomic E-state index is 4.17. The summed E-state index contributed by atoms with van der Waals surface area (Å²) in [5, 5.41) is 3.83. The van der Waals surface area contributed by atoms with E-state index in [1.807, 2.05) is 0 Å². The summed E-state index contributed by atoms with van der Waals surface area (Å²) in [7, 11) is 0. The summed E-state index contributed by atoms with van der Waals surface area (Å²) < 4.78 is 2.48. The van der Waals surface area contributed by atoms with E-state index in [-0.39, 0.29) is 0 Å². The van der Waals surface area contributed by atoms with E-state index in [0.717, 1.165) is 24.3 Å². The molecule has 0 aliphatic rings. The maximum absolute atomic E-state index is 4.17. The molecular formula is C23H26N3+3. The normalized spacial score (nSPS) is 11.3. The van der Waals surface area contributed by atoms with Crippen LogP contribution >= 0.6 is 0 Å². The van der Waals surface area contributed by atoms with Crippen LogP contribution in [0.3, 0.4) is 0 Å². The second kappa shape index (κ2) is 6.87. The highest BCUT2D eigenvalue weighted by molar-refractivity contribution is 6.09. The van der Waals surface area contributed by atoms with Crippen molar-refractivity contribution in [2.24, 2.45) is 0 Å². The van der Waals surface area contributed by atoms with Crippen LogP contribution in [0.15, 0.2) is 66.7 Å². The van der Waals surface area contributed by atoms with Crippen LogP contribution in [0.4, 0.5) is 11.4 Å². The van der Waals surface area contributed by atoms with E-state index in [1.165, 1.54) is 39.4 Å². The minimum atomic E-state index is 0.998. The Labute approximate surface area is 153 Å². The molecule has 1 heterocycles. The Morgan fingerprint density at radius 1 is 0.769 bits per heavy atom. The number of hydrogen-bond acceptors (Lipinski definition) is 0. The van der Waals surface area contributed by atoms with Crippen LogP contribution in [0.1, 0.15) is 19.8 Å². The van der Waals surface area contributed by atoms with E-state index in [4.69, 9.17) is 0 Å². The molecule has 0 amide bonds. The number of pyridine rings is 1. The van der Waals surface area contributed by atoms with Crippen molar-refractivity contribution in [3.8, 4) is 11.3 Å². The van der Waals surface area contributed by atoms with E-state index >= 15 is 0 Å². The zero-order valence-corrected chi connectivity index (χ0v) is 15.3. The monoisotopic (exact) mass is 344 g/mol. The van der Waals surface area contributed by atoms with Crippen LogP contribution in [0.5, 0.6) is 0 Å². The molecule has 4 rings (SSSR count). The fourth-order valence-electron chi connectivity index (χ4n) is 3.77. The molecule has 0 saturated heterocycles. The number of aryl methyl sites for hydroxylation is 1. The van der Waals surface area contributed by atoms with E-state index in [1.54, 1.807) is 0 Å². The molecule has 0 spiro atoms. The number of nitrogens with zero attached hydrogens (tertiary/aromatic N) is 1. The molecule has 0 radical (unpaired) electrons. The molecule has 3 aromatic carbocycles. The average molecular weight is 344 g/mol. The van der Waals surface area contributed by atoms with Crippen molar-refractivity contribution in [2.45, 2.75) is 26.3 Å². The first kappa shape index (κ1) is 16.7. The molecule has 4 aromatic rings. The van der Waals surface area contributed by atoms with Crippen LogP contribution in [0, 0.1) is 0 Å². The van der Waals surface area contributed by atoms with Crippen LogP contribution < -0.4 is 16.0 Å². The van der Waals surface area contributed by atoms with Gasteiger partial charge in [0.25, 0.3) is 0 Å². The van der Waals surface area contributed by atoms with E-state index in [9.17, 15) is 0 Å². The van der Waals surface area contributed by atoms with Gasteiger partial charge in [0.2, 0.25) is 11.2 Å². The molecule has 3 heteroatoms. The SMILES string of the molecule is CCCC[n+]1c(-c2ccccc2)c2cc([NH3+])ccc2c2ccc([NH3+])cc21. The standard InChI is InChI=1S/C23H23N3/c1-2-3-13-26-22-15-18(25)10-12-20(22)19-11-9-17(24)14-21(19)23(26)16-7-5-4-6-8-16/h4-12,14-15,25H,2-3,13,24H2,1H3/p+3. The van der Waals surface area contributed by atoms with Crippen molar-refractivity contribution in [1.29, 1.82) is 0 Å². The second-order valence-electron chi connectivity index (χ2n) is 6.95. The third kappa shape index (κ3) is 2.85. The average Bonchev–Trinajstić information content (AvgIpc) is 2.66. The Kier molecular flexibility index (Phi) is 4.41. The van der Waals surface area contributed by atoms with Crippen molar-refractivity contribution < 1.29 is 16.0 Å². The lowest BCUT2D eigenvalue weighted by molar-refractivity contribution is -0.659. The first-order valence-corrected chi connectivity index (χ1v) is 9.31. The minimum absolute atomic E-state index is 0.998. The number of hydrogen-bond donors (Lipinski definition) is 2. The lowest BCUT2D eigenvalue weighted by atomic mass is 9.98. The number of benzene rings is 3. The summed E-state index contributed by atoms with van der Waals surface area (Å²) in [5.41, 5.74) is 14.2. The molecule has 0 atom stereocenters. The number of unbranched alkanes of at least 4 members (excludes halogenated alkanes) is 1. The zero-order chi connectivity index (χ0) is 18.1. The molecule has 0 bridgehead atoms. The van der Waals surface area contributed by atoms with Crippen molar-refractivity contribution in [2.75, 3.05) is 0 Å².